The van der Waals surface area contributed by atoms with Gasteiger partial charge in [-0.05, 0) is 30.5 Å². The summed E-state index contributed by atoms with van der Waals surface area (Å²) in [7, 11) is 1.66. The van der Waals surface area contributed by atoms with Crippen LogP contribution in [0.2, 0.25) is 0 Å². The fourth-order valence-corrected chi connectivity index (χ4v) is 2.70. The molecule has 1 aromatic carbocycles. The maximum atomic E-state index is 9.90. The first-order chi connectivity index (χ1) is 10.4. The van der Waals surface area contributed by atoms with Gasteiger partial charge in [-0.2, -0.15) is 0 Å². The molecule has 5 heteroatoms. The van der Waals surface area contributed by atoms with Gasteiger partial charge in [0, 0.05) is 25.5 Å². The number of phenolic OH excluding ortho intramolecular Hbond substituents is 1. The van der Waals surface area contributed by atoms with Crippen molar-refractivity contribution in [2.45, 2.75) is 58.0 Å². The molecular formula is C17H26O5. The highest BCUT2D eigenvalue weighted by Crippen LogP contribution is 2.35. The SMILES string of the molecule is COC1CC(CO)OC(Oc2cc(C)c(O)cc2C(C)C)C1. The summed E-state index contributed by atoms with van der Waals surface area (Å²) in [4.78, 5) is 0. The van der Waals surface area contributed by atoms with Crippen LogP contribution in [0, 0.1) is 6.92 Å². The Labute approximate surface area is 131 Å². The standard InChI is InChI=1S/C17H26O5/c1-10(2)14-8-15(19)11(3)5-16(14)22-17-7-12(20-4)6-13(9-18)21-17/h5,8,10,12-13,17-19H,6-7,9H2,1-4H3. The van der Waals surface area contributed by atoms with Crippen LogP contribution in [0.25, 0.3) is 0 Å². The Morgan fingerprint density at radius 1 is 1.32 bits per heavy atom. The maximum absolute atomic E-state index is 9.90. The summed E-state index contributed by atoms with van der Waals surface area (Å²) in [6.45, 7) is 5.88. The molecule has 1 aliphatic rings. The molecule has 22 heavy (non-hydrogen) atoms. The molecule has 2 N–H and O–H groups in total. The van der Waals surface area contributed by atoms with E-state index in [9.17, 15) is 10.2 Å². The van der Waals surface area contributed by atoms with Gasteiger partial charge in [0.05, 0.1) is 18.8 Å². The Morgan fingerprint density at radius 2 is 2.05 bits per heavy atom. The van der Waals surface area contributed by atoms with Gasteiger partial charge in [-0.1, -0.05) is 13.8 Å². The predicted molar refractivity (Wildman–Crippen MR) is 83.3 cm³/mol. The Balaban J connectivity index is 2.20. The van der Waals surface area contributed by atoms with Crippen LogP contribution in [0.1, 0.15) is 43.7 Å². The highest BCUT2D eigenvalue weighted by Gasteiger charge is 2.31. The summed E-state index contributed by atoms with van der Waals surface area (Å²) in [5, 5.41) is 19.2. The molecule has 0 bridgehead atoms. The number of methoxy groups -OCH3 is 1. The fraction of sp³-hybridized carbons (Fsp3) is 0.647. The monoisotopic (exact) mass is 310 g/mol. The van der Waals surface area contributed by atoms with Crippen molar-refractivity contribution >= 4 is 0 Å². The third kappa shape index (κ3) is 3.91. The largest absolute Gasteiger partial charge is 0.508 e. The fourth-order valence-electron chi connectivity index (χ4n) is 2.70. The molecule has 1 heterocycles. The van der Waals surface area contributed by atoms with Crippen LogP contribution in [0.15, 0.2) is 12.1 Å². The summed E-state index contributed by atoms with van der Waals surface area (Å²) in [5.41, 5.74) is 1.70. The maximum Gasteiger partial charge on any atom is 0.202 e. The molecule has 0 aliphatic carbocycles. The van der Waals surface area contributed by atoms with E-state index < -0.39 is 6.29 Å². The van der Waals surface area contributed by atoms with Gasteiger partial charge in [-0.15, -0.1) is 0 Å². The zero-order valence-corrected chi connectivity index (χ0v) is 13.7. The van der Waals surface area contributed by atoms with Crippen molar-refractivity contribution in [3.8, 4) is 11.5 Å². The van der Waals surface area contributed by atoms with E-state index in [0.29, 0.717) is 18.6 Å². The average Bonchev–Trinajstić information content (AvgIpc) is 2.49. The van der Waals surface area contributed by atoms with E-state index in [2.05, 4.69) is 0 Å². The lowest BCUT2D eigenvalue weighted by Crippen LogP contribution is -2.41. The third-order valence-corrected chi connectivity index (χ3v) is 4.07. The summed E-state index contributed by atoms with van der Waals surface area (Å²) >= 11 is 0. The zero-order valence-electron chi connectivity index (χ0n) is 13.7. The molecule has 124 valence electrons. The number of aryl methyl sites for hydroxylation is 1. The molecule has 2 rings (SSSR count). The third-order valence-electron chi connectivity index (χ3n) is 4.07. The van der Waals surface area contributed by atoms with Gasteiger partial charge in [-0.3, -0.25) is 0 Å². The van der Waals surface area contributed by atoms with Gasteiger partial charge in [0.25, 0.3) is 0 Å². The van der Waals surface area contributed by atoms with E-state index in [0.717, 1.165) is 11.1 Å². The number of aliphatic hydroxyl groups excluding tert-OH is 1. The van der Waals surface area contributed by atoms with Gasteiger partial charge in [0.15, 0.2) is 0 Å². The van der Waals surface area contributed by atoms with Crippen molar-refractivity contribution in [3.05, 3.63) is 23.3 Å². The van der Waals surface area contributed by atoms with Gasteiger partial charge in [-0.25, -0.2) is 0 Å². The van der Waals surface area contributed by atoms with Crippen LogP contribution in [0.5, 0.6) is 11.5 Å². The molecule has 0 saturated carbocycles. The quantitative estimate of drug-likeness (QED) is 0.875. The lowest BCUT2D eigenvalue weighted by molar-refractivity contribution is -0.189. The highest BCUT2D eigenvalue weighted by atomic mass is 16.7. The van der Waals surface area contributed by atoms with Crippen LogP contribution in [-0.4, -0.2) is 42.4 Å². The van der Waals surface area contributed by atoms with Gasteiger partial charge >= 0.3 is 0 Å². The lowest BCUT2D eigenvalue weighted by atomic mass is 9.99. The van der Waals surface area contributed by atoms with E-state index in [-0.39, 0.29) is 30.5 Å². The molecule has 3 atom stereocenters. The van der Waals surface area contributed by atoms with E-state index in [1.807, 2.05) is 26.8 Å². The first-order valence-corrected chi connectivity index (χ1v) is 7.73. The number of hydrogen-bond donors (Lipinski definition) is 2. The normalized spacial score (nSPS) is 25.5. The van der Waals surface area contributed by atoms with Crippen LogP contribution in [-0.2, 0) is 9.47 Å². The van der Waals surface area contributed by atoms with Crippen molar-refractivity contribution in [3.63, 3.8) is 0 Å². The first-order valence-electron chi connectivity index (χ1n) is 7.73. The number of benzene rings is 1. The molecule has 0 radical (unpaired) electrons. The first kappa shape index (κ1) is 17.1. The topological polar surface area (TPSA) is 68.2 Å². The van der Waals surface area contributed by atoms with Crippen molar-refractivity contribution in [2.24, 2.45) is 0 Å². The average molecular weight is 310 g/mol. The van der Waals surface area contributed by atoms with Crippen molar-refractivity contribution < 1.29 is 24.4 Å². The molecule has 0 amide bonds. The number of phenols is 1. The Bertz CT molecular complexity index is 488. The molecule has 0 aromatic heterocycles. The molecular weight excluding hydrogens is 284 g/mol. The molecule has 5 nitrogen and oxygen atoms in total. The summed E-state index contributed by atoms with van der Waals surface area (Å²) in [6.07, 6.45) is 0.557. The summed E-state index contributed by atoms with van der Waals surface area (Å²) < 4.78 is 17.2. The number of hydrogen-bond acceptors (Lipinski definition) is 5. The minimum atomic E-state index is -0.461. The molecule has 1 aromatic rings. The smallest absolute Gasteiger partial charge is 0.202 e. The number of aromatic hydroxyl groups is 1. The molecule has 1 aliphatic heterocycles. The molecule has 1 fully saturated rings. The molecule has 1 saturated heterocycles. The van der Waals surface area contributed by atoms with Crippen molar-refractivity contribution in [2.75, 3.05) is 13.7 Å². The van der Waals surface area contributed by atoms with E-state index >= 15 is 0 Å². The van der Waals surface area contributed by atoms with Crippen LogP contribution < -0.4 is 4.74 Å². The van der Waals surface area contributed by atoms with E-state index in [1.54, 1.807) is 13.2 Å². The van der Waals surface area contributed by atoms with Crippen molar-refractivity contribution in [1.82, 2.24) is 0 Å². The number of aliphatic hydroxyl groups is 1. The minimum Gasteiger partial charge on any atom is -0.508 e. The molecule has 3 unspecified atom stereocenters. The van der Waals surface area contributed by atoms with Crippen molar-refractivity contribution in [1.29, 1.82) is 0 Å². The van der Waals surface area contributed by atoms with E-state index in [4.69, 9.17) is 14.2 Å². The Hall–Kier alpha value is -1.30. The minimum absolute atomic E-state index is 0.0108. The Kier molecular flexibility index (Phi) is 5.67. The lowest BCUT2D eigenvalue weighted by Gasteiger charge is -2.34. The van der Waals surface area contributed by atoms with Crippen LogP contribution in [0.4, 0.5) is 0 Å². The molecule has 0 spiro atoms. The number of ether oxygens (including phenoxy) is 3. The van der Waals surface area contributed by atoms with Crippen LogP contribution in [0.3, 0.4) is 0 Å². The van der Waals surface area contributed by atoms with Gasteiger partial charge in [0.2, 0.25) is 6.29 Å². The van der Waals surface area contributed by atoms with E-state index in [1.165, 1.54) is 0 Å². The number of rotatable bonds is 5. The zero-order chi connectivity index (χ0) is 16.3. The summed E-state index contributed by atoms with van der Waals surface area (Å²) in [5.74, 6) is 1.20. The highest BCUT2D eigenvalue weighted by molar-refractivity contribution is 5.46. The van der Waals surface area contributed by atoms with Gasteiger partial charge < -0.3 is 24.4 Å². The second kappa shape index (κ2) is 7.31. The second-order valence-corrected chi connectivity index (χ2v) is 6.15. The predicted octanol–water partition coefficient (Wildman–Crippen LogP) is 2.72. The van der Waals surface area contributed by atoms with Gasteiger partial charge in [0.1, 0.15) is 11.5 Å². The second-order valence-electron chi connectivity index (χ2n) is 6.15. The Morgan fingerprint density at radius 3 is 2.64 bits per heavy atom. The van der Waals surface area contributed by atoms with Crippen LogP contribution >= 0.6 is 0 Å². The summed E-state index contributed by atoms with van der Waals surface area (Å²) in [6, 6.07) is 3.58.